The van der Waals surface area contributed by atoms with Crippen molar-refractivity contribution in [1.82, 2.24) is 4.31 Å². The number of nitrogens with zero attached hydrogens (tertiary/aromatic N) is 1. The number of sulfonamides is 1. The molecule has 0 atom stereocenters. The maximum atomic E-state index is 12.5. The molecule has 0 heterocycles. The minimum absolute atomic E-state index is 0.211. The molecule has 0 fully saturated rings. The summed E-state index contributed by atoms with van der Waals surface area (Å²) < 4.78 is 31.4. The van der Waals surface area contributed by atoms with Crippen molar-refractivity contribution in [3.63, 3.8) is 0 Å². The topological polar surface area (TPSA) is 75.7 Å². The predicted octanol–water partition coefficient (Wildman–Crippen LogP) is 3.51. The van der Waals surface area contributed by atoms with Crippen LogP contribution in [0, 0.1) is 0 Å². The van der Waals surface area contributed by atoms with Gasteiger partial charge in [0.1, 0.15) is 0 Å². The molecule has 2 aromatic rings. The number of carbonyl (C=O) groups is 1. The van der Waals surface area contributed by atoms with E-state index < -0.39 is 10.0 Å². The second kappa shape index (κ2) is 9.64. The largest absolute Gasteiger partial charge is 0.380 e. The van der Waals surface area contributed by atoms with Gasteiger partial charge in [-0.1, -0.05) is 25.5 Å². The maximum Gasteiger partial charge on any atom is 0.255 e. The highest BCUT2D eigenvalue weighted by Gasteiger charge is 2.20. The number of ether oxygens (including phenoxy) is 1. The molecule has 2 aromatic carbocycles. The molecule has 0 saturated heterocycles. The number of nitrogens with one attached hydrogen (secondary N) is 1. The van der Waals surface area contributed by atoms with E-state index >= 15 is 0 Å². The van der Waals surface area contributed by atoms with E-state index in [1.807, 2.05) is 19.1 Å². The summed E-state index contributed by atoms with van der Waals surface area (Å²) in [5, 5.41) is 2.77. The molecule has 0 saturated carbocycles. The fourth-order valence-corrected chi connectivity index (χ4v) is 3.72. The van der Waals surface area contributed by atoms with Gasteiger partial charge in [-0.25, -0.2) is 12.7 Å². The Balaban J connectivity index is 2.05. The van der Waals surface area contributed by atoms with Crippen LogP contribution in [0.3, 0.4) is 0 Å². The Morgan fingerprint density at radius 2 is 1.70 bits per heavy atom. The first-order chi connectivity index (χ1) is 12.9. The van der Waals surface area contributed by atoms with E-state index in [9.17, 15) is 13.2 Å². The second-order valence-electron chi connectivity index (χ2n) is 6.29. The van der Waals surface area contributed by atoms with Gasteiger partial charge in [0.25, 0.3) is 5.91 Å². The predicted molar refractivity (Wildman–Crippen MR) is 106 cm³/mol. The summed E-state index contributed by atoms with van der Waals surface area (Å²) in [4.78, 5) is 12.5. The van der Waals surface area contributed by atoms with Crippen LogP contribution < -0.4 is 5.32 Å². The summed E-state index contributed by atoms with van der Waals surface area (Å²) in [7, 11) is -0.316. The molecule has 146 valence electrons. The first-order valence-corrected chi connectivity index (χ1v) is 10.3. The molecule has 0 radical (unpaired) electrons. The summed E-state index contributed by atoms with van der Waals surface area (Å²) in [5.74, 6) is -0.255. The Labute approximate surface area is 161 Å². The average molecular weight is 391 g/mol. The number of rotatable bonds is 9. The summed E-state index contributed by atoms with van der Waals surface area (Å²) in [6.45, 7) is 2.99. The summed E-state index contributed by atoms with van der Waals surface area (Å²) in [6.07, 6.45) is 1.74. The normalized spacial score (nSPS) is 11.6. The molecule has 0 unspecified atom stereocenters. The Kier molecular flexibility index (Phi) is 7.53. The van der Waals surface area contributed by atoms with Gasteiger partial charge in [-0.2, -0.15) is 0 Å². The van der Waals surface area contributed by atoms with Crippen LogP contribution in [0.15, 0.2) is 53.4 Å². The van der Waals surface area contributed by atoms with Crippen LogP contribution in [0.2, 0.25) is 0 Å². The number of hydrogen-bond donors (Lipinski definition) is 1. The van der Waals surface area contributed by atoms with Crippen molar-refractivity contribution < 1.29 is 17.9 Å². The van der Waals surface area contributed by atoms with E-state index in [2.05, 4.69) is 5.32 Å². The first kappa shape index (κ1) is 21.1. The van der Waals surface area contributed by atoms with Crippen molar-refractivity contribution in [3.05, 3.63) is 59.7 Å². The molecule has 0 aromatic heterocycles. The molecule has 6 nitrogen and oxygen atoms in total. The number of anilines is 1. The van der Waals surface area contributed by atoms with Crippen LogP contribution >= 0.6 is 0 Å². The summed E-state index contributed by atoms with van der Waals surface area (Å²) in [5.41, 5.74) is 2.04. The summed E-state index contributed by atoms with van der Waals surface area (Å²) >= 11 is 0. The zero-order valence-corrected chi connectivity index (χ0v) is 16.8. The third-order valence-corrected chi connectivity index (χ3v) is 6.05. The van der Waals surface area contributed by atoms with Gasteiger partial charge in [-0.05, 0) is 48.4 Å². The number of unbranched alkanes of at least 4 members (excludes halogenated alkanes) is 1. The van der Waals surface area contributed by atoms with E-state index in [-0.39, 0.29) is 10.8 Å². The number of hydrogen-bond acceptors (Lipinski definition) is 4. The summed E-state index contributed by atoms with van der Waals surface area (Å²) in [6, 6.07) is 13.3. The Hall–Kier alpha value is -2.22. The first-order valence-electron chi connectivity index (χ1n) is 8.84. The minimum Gasteiger partial charge on any atom is -0.380 e. The lowest BCUT2D eigenvalue weighted by Gasteiger charge is -2.17. The van der Waals surface area contributed by atoms with Crippen LogP contribution in [-0.2, 0) is 21.4 Å². The van der Waals surface area contributed by atoms with E-state index in [1.165, 1.54) is 16.4 Å². The van der Waals surface area contributed by atoms with Crippen molar-refractivity contribution in [2.24, 2.45) is 0 Å². The molecule has 0 spiro atoms. The van der Waals surface area contributed by atoms with E-state index in [0.29, 0.717) is 24.4 Å². The molecule has 1 amide bonds. The van der Waals surface area contributed by atoms with Gasteiger partial charge >= 0.3 is 0 Å². The van der Waals surface area contributed by atoms with Crippen molar-refractivity contribution >= 4 is 21.6 Å². The SMILES string of the molecule is CCCCN(C)S(=O)(=O)c1ccc(NC(=O)c2ccc(COC)cc2)cc1. The van der Waals surface area contributed by atoms with Gasteiger partial charge < -0.3 is 10.1 Å². The van der Waals surface area contributed by atoms with Crippen molar-refractivity contribution in [2.75, 3.05) is 26.0 Å². The van der Waals surface area contributed by atoms with Crippen molar-refractivity contribution in [1.29, 1.82) is 0 Å². The molecule has 7 heteroatoms. The zero-order chi connectivity index (χ0) is 19.9. The molecular weight excluding hydrogens is 364 g/mol. The Morgan fingerprint density at radius 1 is 1.07 bits per heavy atom. The number of benzene rings is 2. The van der Waals surface area contributed by atoms with Gasteiger partial charge in [0.15, 0.2) is 0 Å². The van der Waals surface area contributed by atoms with Crippen molar-refractivity contribution in [2.45, 2.75) is 31.3 Å². The fourth-order valence-electron chi connectivity index (χ4n) is 2.51. The quantitative estimate of drug-likeness (QED) is 0.711. The van der Waals surface area contributed by atoms with Gasteiger partial charge in [0, 0.05) is 32.0 Å². The highest BCUT2D eigenvalue weighted by molar-refractivity contribution is 7.89. The molecule has 0 bridgehead atoms. The number of amides is 1. The lowest BCUT2D eigenvalue weighted by atomic mass is 10.1. The molecular formula is C20H26N2O4S. The lowest BCUT2D eigenvalue weighted by Crippen LogP contribution is -2.27. The van der Waals surface area contributed by atoms with Crippen LogP contribution in [0.25, 0.3) is 0 Å². The molecule has 1 N–H and O–H groups in total. The Bertz CT molecular complexity index is 847. The van der Waals surface area contributed by atoms with Crippen LogP contribution in [-0.4, -0.2) is 39.3 Å². The van der Waals surface area contributed by atoms with Crippen LogP contribution in [0.5, 0.6) is 0 Å². The highest BCUT2D eigenvalue weighted by Crippen LogP contribution is 2.18. The van der Waals surface area contributed by atoms with Gasteiger partial charge in [-0.3, -0.25) is 4.79 Å². The minimum atomic E-state index is -3.51. The molecule has 0 aliphatic heterocycles. The average Bonchev–Trinajstić information content (AvgIpc) is 2.67. The van der Waals surface area contributed by atoms with E-state index in [1.54, 1.807) is 38.4 Å². The second-order valence-corrected chi connectivity index (χ2v) is 8.33. The zero-order valence-electron chi connectivity index (χ0n) is 15.9. The van der Waals surface area contributed by atoms with Crippen LogP contribution in [0.1, 0.15) is 35.7 Å². The highest BCUT2D eigenvalue weighted by atomic mass is 32.2. The number of carbonyl (C=O) groups excluding carboxylic acids is 1. The third-order valence-electron chi connectivity index (χ3n) is 4.17. The smallest absolute Gasteiger partial charge is 0.255 e. The molecule has 27 heavy (non-hydrogen) atoms. The number of methoxy groups -OCH3 is 1. The van der Waals surface area contributed by atoms with Gasteiger partial charge in [-0.15, -0.1) is 0 Å². The third kappa shape index (κ3) is 5.63. The molecule has 2 rings (SSSR count). The van der Waals surface area contributed by atoms with Crippen LogP contribution in [0.4, 0.5) is 5.69 Å². The lowest BCUT2D eigenvalue weighted by molar-refractivity contribution is 0.102. The van der Waals surface area contributed by atoms with E-state index in [4.69, 9.17) is 4.74 Å². The monoisotopic (exact) mass is 390 g/mol. The standard InChI is InChI=1S/C20H26N2O4S/c1-4-5-14-22(2)27(24,25)19-12-10-18(11-13-19)21-20(23)17-8-6-16(7-9-17)15-26-3/h6-13H,4-5,14-15H2,1-3H3,(H,21,23). The van der Waals surface area contributed by atoms with Gasteiger partial charge in [0.2, 0.25) is 10.0 Å². The maximum absolute atomic E-state index is 12.5. The molecule has 0 aliphatic rings. The van der Waals surface area contributed by atoms with E-state index in [0.717, 1.165) is 18.4 Å². The Morgan fingerprint density at radius 3 is 2.26 bits per heavy atom. The van der Waals surface area contributed by atoms with Gasteiger partial charge in [0.05, 0.1) is 11.5 Å². The van der Waals surface area contributed by atoms with Crippen molar-refractivity contribution in [3.8, 4) is 0 Å². The molecule has 0 aliphatic carbocycles. The fraction of sp³-hybridized carbons (Fsp3) is 0.350.